The Balaban J connectivity index is 1.95. The molecule has 0 bridgehead atoms. The molecule has 2 aromatic carbocycles. The summed E-state index contributed by atoms with van der Waals surface area (Å²) < 4.78 is 5.13. The van der Waals surface area contributed by atoms with Gasteiger partial charge >= 0.3 is 5.97 Å². The standard InChI is InChI=1S/C22H24ClNO4/c1-14(2)16-4-6-18(7-5-16)21(26)13-28-22(27)12-20(24-15(3)25)17-8-10-19(23)11-9-17/h4-11,14,20H,12-13H2,1-3H3,(H,24,25). The molecule has 28 heavy (non-hydrogen) atoms. The summed E-state index contributed by atoms with van der Waals surface area (Å²) in [7, 11) is 0. The van der Waals surface area contributed by atoms with E-state index in [-0.39, 0.29) is 24.7 Å². The fourth-order valence-electron chi connectivity index (χ4n) is 2.70. The predicted molar refractivity (Wildman–Crippen MR) is 108 cm³/mol. The summed E-state index contributed by atoms with van der Waals surface area (Å²) in [5, 5.41) is 3.27. The van der Waals surface area contributed by atoms with Crippen molar-refractivity contribution in [3.8, 4) is 0 Å². The van der Waals surface area contributed by atoms with Crippen LogP contribution >= 0.6 is 11.6 Å². The Bertz CT molecular complexity index is 829. The molecule has 2 rings (SSSR count). The van der Waals surface area contributed by atoms with Gasteiger partial charge in [0.25, 0.3) is 0 Å². The zero-order valence-electron chi connectivity index (χ0n) is 16.2. The average Bonchev–Trinajstić information content (AvgIpc) is 2.66. The second-order valence-corrected chi connectivity index (χ2v) is 7.31. The summed E-state index contributed by atoms with van der Waals surface area (Å²) in [6.07, 6.45) is -0.0826. The van der Waals surface area contributed by atoms with Crippen molar-refractivity contribution in [2.45, 2.75) is 39.2 Å². The number of benzene rings is 2. The summed E-state index contributed by atoms with van der Waals surface area (Å²) in [5.74, 6) is -0.735. The van der Waals surface area contributed by atoms with Gasteiger partial charge in [-0.2, -0.15) is 0 Å². The van der Waals surface area contributed by atoms with Crippen molar-refractivity contribution in [1.29, 1.82) is 0 Å². The number of ether oxygens (including phenoxy) is 1. The smallest absolute Gasteiger partial charge is 0.308 e. The van der Waals surface area contributed by atoms with Crippen LogP contribution in [-0.2, 0) is 14.3 Å². The Labute approximate surface area is 170 Å². The number of carbonyl (C=O) groups excluding carboxylic acids is 3. The van der Waals surface area contributed by atoms with Gasteiger partial charge in [-0.1, -0.05) is 61.8 Å². The SMILES string of the molecule is CC(=O)NC(CC(=O)OCC(=O)c1ccc(C(C)C)cc1)c1ccc(Cl)cc1. The van der Waals surface area contributed by atoms with Crippen LogP contribution in [0, 0.1) is 0 Å². The number of Topliss-reactive ketones (excluding diaryl/α,β-unsaturated/α-hetero) is 1. The molecular formula is C22H24ClNO4. The number of hydrogen-bond acceptors (Lipinski definition) is 4. The van der Waals surface area contributed by atoms with Crippen molar-refractivity contribution in [2.24, 2.45) is 0 Å². The minimum atomic E-state index is -0.569. The van der Waals surface area contributed by atoms with Gasteiger partial charge in [0.15, 0.2) is 12.4 Å². The summed E-state index contributed by atoms with van der Waals surface area (Å²) in [4.78, 5) is 35.9. The van der Waals surface area contributed by atoms with Gasteiger partial charge in [0.2, 0.25) is 5.91 Å². The Kier molecular flexibility index (Phi) is 7.76. The number of ketones is 1. The molecule has 0 aliphatic heterocycles. The van der Waals surface area contributed by atoms with Crippen LogP contribution in [0.2, 0.25) is 5.02 Å². The molecule has 6 heteroatoms. The fraction of sp³-hybridized carbons (Fsp3) is 0.318. The van der Waals surface area contributed by atoms with E-state index in [9.17, 15) is 14.4 Å². The van der Waals surface area contributed by atoms with Gasteiger partial charge < -0.3 is 10.1 Å². The van der Waals surface area contributed by atoms with Crippen LogP contribution in [0.3, 0.4) is 0 Å². The number of halogens is 1. The maximum atomic E-state index is 12.2. The third kappa shape index (κ3) is 6.50. The fourth-order valence-corrected chi connectivity index (χ4v) is 2.83. The molecule has 0 saturated carbocycles. The molecule has 148 valence electrons. The van der Waals surface area contributed by atoms with Gasteiger partial charge in [-0.15, -0.1) is 0 Å². The van der Waals surface area contributed by atoms with Crippen molar-refractivity contribution in [2.75, 3.05) is 6.61 Å². The largest absolute Gasteiger partial charge is 0.457 e. The first-order chi connectivity index (χ1) is 13.3. The molecule has 0 aromatic heterocycles. The van der Waals surface area contributed by atoms with Crippen molar-refractivity contribution >= 4 is 29.3 Å². The highest BCUT2D eigenvalue weighted by Gasteiger charge is 2.19. The maximum absolute atomic E-state index is 12.2. The molecule has 1 amide bonds. The normalized spacial score (nSPS) is 11.8. The van der Waals surface area contributed by atoms with E-state index in [1.807, 2.05) is 12.1 Å². The van der Waals surface area contributed by atoms with E-state index in [4.69, 9.17) is 16.3 Å². The van der Waals surface area contributed by atoms with E-state index in [0.717, 1.165) is 11.1 Å². The lowest BCUT2D eigenvalue weighted by molar-refractivity contribution is -0.143. The highest BCUT2D eigenvalue weighted by molar-refractivity contribution is 6.30. The van der Waals surface area contributed by atoms with Gasteiger partial charge in [-0.25, -0.2) is 0 Å². The second kappa shape index (κ2) is 10.0. The quantitative estimate of drug-likeness (QED) is 0.523. The van der Waals surface area contributed by atoms with Crippen LogP contribution < -0.4 is 5.32 Å². The van der Waals surface area contributed by atoms with Gasteiger partial charge in [0.1, 0.15) is 0 Å². The van der Waals surface area contributed by atoms with Crippen molar-refractivity contribution in [1.82, 2.24) is 5.32 Å². The number of rotatable bonds is 8. The minimum absolute atomic E-state index is 0.0826. The molecule has 5 nitrogen and oxygen atoms in total. The monoisotopic (exact) mass is 401 g/mol. The third-order valence-electron chi connectivity index (χ3n) is 4.28. The summed E-state index contributed by atoms with van der Waals surface area (Å²) >= 11 is 5.88. The van der Waals surface area contributed by atoms with Gasteiger partial charge in [0, 0.05) is 17.5 Å². The number of hydrogen-bond donors (Lipinski definition) is 1. The Morgan fingerprint density at radius 2 is 1.54 bits per heavy atom. The van der Waals surface area contributed by atoms with Crippen molar-refractivity contribution in [3.63, 3.8) is 0 Å². The first-order valence-corrected chi connectivity index (χ1v) is 9.45. The minimum Gasteiger partial charge on any atom is -0.457 e. The van der Waals surface area contributed by atoms with Gasteiger partial charge in [-0.05, 0) is 29.2 Å². The lowest BCUT2D eigenvalue weighted by Gasteiger charge is -2.17. The van der Waals surface area contributed by atoms with Gasteiger partial charge in [0.05, 0.1) is 12.5 Å². The van der Waals surface area contributed by atoms with Crippen molar-refractivity contribution in [3.05, 3.63) is 70.2 Å². The van der Waals surface area contributed by atoms with E-state index in [1.54, 1.807) is 36.4 Å². The van der Waals surface area contributed by atoms with E-state index >= 15 is 0 Å². The van der Waals surface area contributed by atoms with Crippen LogP contribution in [0.5, 0.6) is 0 Å². The molecular weight excluding hydrogens is 378 g/mol. The summed E-state index contributed by atoms with van der Waals surface area (Å²) in [6.45, 7) is 5.18. The van der Waals surface area contributed by atoms with Crippen LogP contribution in [0.4, 0.5) is 0 Å². The van der Waals surface area contributed by atoms with Crippen LogP contribution in [0.1, 0.15) is 60.6 Å². The van der Waals surface area contributed by atoms with E-state index in [0.29, 0.717) is 16.5 Å². The molecule has 1 atom stereocenters. The highest BCUT2D eigenvalue weighted by atomic mass is 35.5. The Morgan fingerprint density at radius 3 is 2.07 bits per heavy atom. The number of carbonyl (C=O) groups is 3. The molecule has 0 aliphatic carbocycles. The zero-order valence-corrected chi connectivity index (χ0v) is 17.0. The number of esters is 1. The molecule has 1 N–H and O–H groups in total. The number of amides is 1. The first kappa shape index (κ1) is 21.6. The highest BCUT2D eigenvalue weighted by Crippen LogP contribution is 2.20. The van der Waals surface area contributed by atoms with Crippen LogP contribution in [0.25, 0.3) is 0 Å². The van der Waals surface area contributed by atoms with Crippen LogP contribution in [-0.4, -0.2) is 24.3 Å². The number of nitrogens with one attached hydrogen (secondary N) is 1. The lowest BCUT2D eigenvalue weighted by atomic mass is 10.0. The molecule has 0 saturated heterocycles. The maximum Gasteiger partial charge on any atom is 0.308 e. The predicted octanol–water partition coefficient (Wildman–Crippen LogP) is 4.46. The molecule has 1 unspecified atom stereocenters. The Morgan fingerprint density at radius 1 is 0.964 bits per heavy atom. The van der Waals surface area contributed by atoms with Gasteiger partial charge in [-0.3, -0.25) is 14.4 Å². The first-order valence-electron chi connectivity index (χ1n) is 9.07. The zero-order chi connectivity index (χ0) is 20.7. The second-order valence-electron chi connectivity index (χ2n) is 6.87. The van der Waals surface area contributed by atoms with Crippen molar-refractivity contribution < 1.29 is 19.1 Å². The van der Waals surface area contributed by atoms with E-state index in [1.165, 1.54) is 6.92 Å². The molecule has 0 fully saturated rings. The van der Waals surface area contributed by atoms with E-state index < -0.39 is 12.0 Å². The van der Waals surface area contributed by atoms with Crippen LogP contribution in [0.15, 0.2) is 48.5 Å². The Hall–Kier alpha value is -2.66. The lowest BCUT2D eigenvalue weighted by Crippen LogP contribution is -2.29. The molecule has 0 radical (unpaired) electrons. The summed E-state index contributed by atoms with van der Waals surface area (Å²) in [6, 6.07) is 13.5. The molecule has 0 spiro atoms. The third-order valence-corrected chi connectivity index (χ3v) is 4.54. The topological polar surface area (TPSA) is 72.5 Å². The molecule has 0 aliphatic rings. The molecule has 0 heterocycles. The summed E-state index contributed by atoms with van der Waals surface area (Å²) in [5.41, 5.74) is 2.36. The van der Waals surface area contributed by atoms with E-state index in [2.05, 4.69) is 19.2 Å². The molecule has 2 aromatic rings. The average molecular weight is 402 g/mol.